The number of benzene rings is 4. The van der Waals surface area contributed by atoms with Crippen molar-refractivity contribution in [2.75, 3.05) is 4.90 Å². The maximum absolute atomic E-state index is 13.8. The van der Waals surface area contributed by atoms with Crippen molar-refractivity contribution in [2.45, 2.75) is 39.4 Å². The molecular formula is C41H32BrClN2O6. The van der Waals surface area contributed by atoms with Gasteiger partial charge in [-0.1, -0.05) is 66.2 Å². The van der Waals surface area contributed by atoms with Crippen LogP contribution < -0.4 is 9.64 Å². The Balaban J connectivity index is 1.13. The summed E-state index contributed by atoms with van der Waals surface area (Å²) >= 11 is 10.1. The number of hydrogen-bond acceptors (Lipinski definition) is 7. The Kier molecular flexibility index (Phi) is 9.59. The minimum atomic E-state index is -1.09. The van der Waals surface area contributed by atoms with Gasteiger partial charge in [0.15, 0.2) is 6.10 Å². The van der Waals surface area contributed by atoms with Crippen LogP contribution in [0.25, 0.3) is 22.2 Å². The van der Waals surface area contributed by atoms with Gasteiger partial charge < -0.3 is 9.47 Å². The van der Waals surface area contributed by atoms with Gasteiger partial charge in [-0.2, -0.15) is 0 Å². The Labute approximate surface area is 308 Å². The lowest BCUT2D eigenvalue weighted by atomic mass is 9.85. The van der Waals surface area contributed by atoms with Gasteiger partial charge in [-0.25, -0.2) is 9.78 Å². The summed E-state index contributed by atoms with van der Waals surface area (Å²) in [6.45, 7) is 3.74. The summed E-state index contributed by atoms with van der Waals surface area (Å²) < 4.78 is 12.2. The first-order valence-corrected chi connectivity index (χ1v) is 17.7. The fraction of sp³-hybridized carbons (Fsp3) is 0.195. The van der Waals surface area contributed by atoms with Crippen LogP contribution in [0, 0.1) is 18.8 Å². The number of halogens is 2. The van der Waals surface area contributed by atoms with E-state index in [1.165, 1.54) is 11.8 Å². The van der Waals surface area contributed by atoms with Crippen LogP contribution in [-0.2, 0) is 20.9 Å². The molecule has 1 fully saturated rings. The number of ketones is 1. The first kappa shape index (κ1) is 34.3. The quantitative estimate of drug-likeness (QED) is 0.0639. The molecule has 2 amide bonds. The normalized spacial score (nSPS) is 17.4. The number of fused-ring (bicyclic) bond motifs is 2. The number of hydrogen-bond donors (Lipinski definition) is 0. The molecule has 0 N–H and O–H groups in total. The molecule has 256 valence electrons. The summed E-state index contributed by atoms with van der Waals surface area (Å²) in [6, 6.07) is 26.7. The topological polar surface area (TPSA) is 103 Å². The molecule has 0 radical (unpaired) electrons. The number of aromatic nitrogens is 1. The number of aryl methyl sites for hydroxylation is 1. The molecule has 3 unspecified atom stereocenters. The second-order valence-electron chi connectivity index (χ2n) is 12.7. The average Bonchev–Trinajstić information content (AvgIpc) is 3.41. The van der Waals surface area contributed by atoms with Crippen molar-refractivity contribution in [1.82, 2.24) is 4.98 Å². The van der Waals surface area contributed by atoms with Gasteiger partial charge in [0.1, 0.15) is 12.4 Å². The fourth-order valence-corrected chi connectivity index (χ4v) is 7.25. The van der Waals surface area contributed by atoms with Crippen molar-refractivity contribution in [3.63, 3.8) is 0 Å². The van der Waals surface area contributed by atoms with E-state index in [2.05, 4.69) is 15.9 Å². The minimum Gasteiger partial charge on any atom is -0.489 e. The van der Waals surface area contributed by atoms with Gasteiger partial charge in [-0.15, -0.1) is 0 Å². The molecular weight excluding hydrogens is 732 g/mol. The lowest BCUT2D eigenvalue weighted by molar-refractivity contribution is -0.122. The van der Waals surface area contributed by atoms with Crippen LogP contribution in [0.4, 0.5) is 5.69 Å². The molecule has 0 spiro atoms. The lowest BCUT2D eigenvalue weighted by Crippen LogP contribution is -2.30. The molecule has 8 nitrogen and oxygen atoms in total. The number of Topliss-reactive ketones (excluding diaryl/α,β-unsaturated/α-hetero) is 1. The van der Waals surface area contributed by atoms with Crippen molar-refractivity contribution in [3.8, 4) is 17.0 Å². The number of carbonyl (C=O) groups excluding carboxylic acids is 4. The molecule has 2 heterocycles. The van der Waals surface area contributed by atoms with Gasteiger partial charge in [0.25, 0.3) is 0 Å². The molecule has 1 aliphatic carbocycles. The lowest BCUT2D eigenvalue weighted by Gasteiger charge is -2.17. The molecule has 0 bridgehead atoms. The molecule has 51 heavy (non-hydrogen) atoms. The number of anilines is 1. The van der Waals surface area contributed by atoms with Crippen molar-refractivity contribution in [1.29, 1.82) is 0 Å². The standard InChI is InChI=1S/C41H32BrClN2O6/c1-23-36(43)34(42)20-32-33(41(49)51-24(2)38(46)27-14-18-29(19-15-27)50-22-25-8-4-3-5-9-25)21-35(44-37(23)32)26-12-16-28(17-13-26)45-39(47)30-10-6-7-11-31(30)40(45)48/h3-9,12-21,24,30-31H,10-11,22H2,1-2H3. The molecule has 0 saturated carbocycles. The van der Waals surface area contributed by atoms with Crippen molar-refractivity contribution < 1.29 is 28.7 Å². The Morgan fingerprint density at radius 3 is 2.22 bits per heavy atom. The van der Waals surface area contributed by atoms with Crippen LogP contribution in [-0.4, -0.2) is 34.7 Å². The molecule has 1 saturated heterocycles. The number of pyridine rings is 1. The summed E-state index contributed by atoms with van der Waals surface area (Å²) in [5.74, 6) is -1.52. The van der Waals surface area contributed by atoms with Crippen molar-refractivity contribution >= 4 is 67.7 Å². The van der Waals surface area contributed by atoms with E-state index < -0.39 is 12.1 Å². The molecule has 5 aromatic rings. The van der Waals surface area contributed by atoms with E-state index in [0.717, 1.165) is 5.56 Å². The highest BCUT2D eigenvalue weighted by molar-refractivity contribution is 9.10. The summed E-state index contributed by atoms with van der Waals surface area (Å²) in [7, 11) is 0. The number of allylic oxidation sites excluding steroid dienone is 2. The molecule has 2 aliphatic rings. The maximum Gasteiger partial charge on any atom is 0.339 e. The predicted octanol–water partition coefficient (Wildman–Crippen LogP) is 9.09. The van der Waals surface area contributed by atoms with E-state index in [4.69, 9.17) is 26.1 Å². The van der Waals surface area contributed by atoms with Gasteiger partial charge in [0.05, 0.1) is 39.3 Å². The highest BCUT2D eigenvalue weighted by Gasteiger charge is 2.47. The summed E-state index contributed by atoms with van der Waals surface area (Å²) in [5.41, 5.74) is 4.31. The van der Waals surface area contributed by atoms with E-state index in [0.29, 0.717) is 73.7 Å². The van der Waals surface area contributed by atoms with Crippen LogP contribution >= 0.6 is 27.5 Å². The predicted molar refractivity (Wildman–Crippen MR) is 199 cm³/mol. The summed E-state index contributed by atoms with van der Waals surface area (Å²) in [6.07, 6.45) is 3.93. The molecule has 10 heteroatoms. The van der Waals surface area contributed by atoms with E-state index in [9.17, 15) is 19.2 Å². The smallest absolute Gasteiger partial charge is 0.339 e. The number of rotatable bonds is 9. The van der Waals surface area contributed by atoms with Crippen LogP contribution in [0.15, 0.2) is 108 Å². The number of carbonyl (C=O) groups is 4. The maximum atomic E-state index is 13.8. The Hall–Kier alpha value is -5.12. The summed E-state index contributed by atoms with van der Waals surface area (Å²) in [5, 5.41) is 0.946. The highest BCUT2D eigenvalue weighted by atomic mass is 79.9. The number of ether oxygens (including phenoxy) is 2. The van der Waals surface area contributed by atoms with Gasteiger partial charge >= 0.3 is 5.97 Å². The zero-order valence-corrected chi connectivity index (χ0v) is 30.1. The van der Waals surface area contributed by atoms with E-state index in [1.807, 2.05) is 49.4 Å². The van der Waals surface area contributed by atoms with E-state index >= 15 is 0 Å². The van der Waals surface area contributed by atoms with Crippen LogP contribution in [0.3, 0.4) is 0 Å². The van der Waals surface area contributed by atoms with Gasteiger partial charge in [0, 0.05) is 21.0 Å². The van der Waals surface area contributed by atoms with Gasteiger partial charge in [-0.3, -0.25) is 19.3 Å². The third kappa shape index (κ3) is 6.71. The first-order valence-electron chi connectivity index (χ1n) is 16.5. The van der Waals surface area contributed by atoms with Crippen molar-refractivity contribution in [3.05, 3.63) is 135 Å². The highest BCUT2D eigenvalue weighted by Crippen LogP contribution is 2.39. The third-order valence-electron chi connectivity index (χ3n) is 9.41. The largest absolute Gasteiger partial charge is 0.489 e. The Morgan fingerprint density at radius 1 is 0.922 bits per heavy atom. The molecule has 4 aromatic carbocycles. The number of imide groups is 1. The van der Waals surface area contributed by atoms with E-state index in [1.54, 1.807) is 60.7 Å². The monoisotopic (exact) mass is 762 g/mol. The Morgan fingerprint density at radius 2 is 1.57 bits per heavy atom. The zero-order chi connectivity index (χ0) is 35.8. The van der Waals surface area contributed by atoms with Crippen LogP contribution in [0.5, 0.6) is 5.75 Å². The second-order valence-corrected chi connectivity index (χ2v) is 13.9. The van der Waals surface area contributed by atoms with Gasteiger partial charge in [-0.05, 0) is 102 Å². The minimum absolute atomic E-state index is 0.192. The van der Waals surface area contributed by atoms with Gasteiger partial charge in [0.2, 0.25) is 17.6 Å². The first-order chi connectivity index (χ1) is 24.6. The zero-order valence-electron chi connectivity index (χ0n) is 27.8. The number of esters is 1. The van der Waals surface area contributed by atoms with Crippen LogP contribution in [0.1, 0.15) is 51.6 Å². The van der Waals surface area contributed by atoms with Crippen molar-refractivity contribution in [2.24, 2.45) is 11.8 Å². The SMILES string of the molecule is Cc1c(Cl)c(Br)cc2c(C(=O)OC(C)C(=O)c3ccc(OCc4ccccc4)cc3)cc(-c3ccc(N4C(=O)C5CC=CCC5C4=O)cc3)nc12. The van der Waals surface area contributed by atoms with E-state index in [-0.39, 0.29) is 35.0 Å². The third-order valence-corrected chi connectivity index (χ3v) is 10.8. The Bertz CT molecular complexity index is 2190. The molecule has 3 atom stereocenters. The second kappa shape index (κ2) is 14.2. The molecule has 1 aliphatic heterocycles. The number of nitrogens with zero attached hydrogens (tertiary/aromatic N) is 2. The fourth-order valence-electron chi connectivity index (χ4n) is 6.58. The van der Waals surface area contributed by atoms with Crippen LogP contribution in [0.2, 0.25) is 5.02 Å². The average molecular weight is 764 g/mol. The molecule has 7 rings (SSSR count). The summed E-state index contributed by atoms with van der Waals surface area (Å²) in [4.78, 5) is 59.6. The molecule has 1 aromatic heterocycles. The number of amides is 2.